The number of hydrogen-bond donors (Lipinski definition) is 0. The Labute approximate surface area is 195 Å². The van der Waals surface area contributed by atoms with E-state index in [2.05, 4.69) is 44.2 Å². The van der Waals surface area contributed by atoms with E-state index in [0.717, 1.165) is 25.7 Å². The maximum absolute atomic E-state index is 13.5. The summed E-state index contributed by atoms with van der Waals surface area (Å²) in [5.74, 6) is 0. The molecule has 184 valence electrons. The number of rotatable bonds is 17. The molecule has 0 saturated heterocycles. The topological polar surface area (TPSA) is 71.1 Å². The van der Waals surface area contributed by atoms with Gasteiger partial charge in [-0.3, -0.25) is 9.13 Å². The van der Waals surface area contributed by atoms with E-state index in [-0.39, 0.29) is 26.4 Å². The summed E-state index contributed by atoms with van der Waals surface area (Å²) in [4.78, 5) is 0. The van der Waals surface area contributed by atoms with E-state index >= 15 is 0 Å². The lowest BCUT2D eigenvalue weighted by atomic mass is 10.0. The molecule has 0 saturated carbocycles. The summed E-state index contributed by atoms with van der Waals surface area (Å²) in [6.45, 7) is 12.0. The summed E-state index contributed by atoms with van der Waals surface area (Å²) in [6.07, 6.45) is 6.14. The summed E-state index contributed by atoms with van der Waals surface area (Å²) in [5.41, 5.74) is 3.78. The molecule has 0 amide bonds. The van der Waals surface area contributed by atoms with Crippen LogP contribution in [0.4, 0.5) is 0 Å². The first-order valence-electron chi connectivity index (χ1n) is 11.8. The van der Waals surface area contributed by atoms with E-state index in [1.54, 1.807) is 27.7 Å². The number of hydrogen-bond acceptors (Lipinski definition) is 6. The van der Waals surface area contributed by atoms with E-state index < -0.39 is 20.6 Å². The quantitative estimate of drug-likeness (QED) is 0.163. The zero-order valence-corrected chi connectivity index (χ0v) is 22.5. The maximum Gasteiger partial charge on any atom is 0.345 e. The zero-order valence-electron chi connectivity index (χ0n) is 20.7. The van der Waals surface area contributed by atoms with E-state index in [1.165, 1.54) is 16.7 Å². The van der Waals surface area contributed by atoms with E-state index in [0.29, 0.717) is 6.42 Å². The molecular formula is C24H42O6P2. The Hall–Kier alpha value is -0.740. The Kier molecular flexibility index (Phi) is 13.9. The molecule has 0 aliphatic heterocycles. The van der Waals surface area contributed by atoms with Crippen molar-refractivity contribution in [3.05, 3.63) is 41.0 Å². The van der Waals surface area contributed by atoms with Gasteiger partial charge in [0.1, 0.15) is 0 Å². The molecule has 0 aliphatic rings. The number of aryl methyl sites for hydroxylation is 1. The van der Waals surface area contributed by atoms with Gasteiger partial charge in [0.25, 0.3) is 0 Å². The van der Waals surface area contributed by atoms with Crippen LogP contribution in [0.15, 0.2) is 29.8 Å². The van der Waals surface area contributed by atoms with Gasteiger partial charge in [0.15, 0.2) is 5.40 Å². The van der Waals surface area contributed by atoms with Gasteiger partial charge in [-0.2, -0.15) is 0 Å². The van der Waals surface area contributed by atoms with Crippen molar-refractivity contribution in [3.63, 3.8) is 0 Å². The van der Waals surface area contributed by atoms with Gasteiger partial charge in [-0.1, -0.05) is 48.8 Å². The number of unbranched alkanes of at least 4 members (excludes halogenated alkanes) is 2. The summed E-state index contributed by atoms with van der Waals surface area (Å²) in [7, 11) is -7.31. The predicted molar refractivity (Wildman–Crippen MR) is 133 cm³/mol. The lowest BCUT2D eigenvalue weighted by molar-refractivity contribution is 0.193. The average molecular weight is 489 g/mol. The van der Waals surface area contributed by atoms with Gasteiger partial charge >= 0.3 is 15.2 Å². The lowest BCUT2D eigenvalue weighted by Gasteiger charge is -2.31. The molecule has 1 aromatic carbocycles. The van der Waals surface area contributed by atoms with Crippen molar-refractivity contribution in [2.75, 3.05) is 26.4 Å². The van der Waals surface area contributed by atoms with Crippen molar-refractivity contribution < 1.29 is 27.2 Å². The number of benzene rings is 1. The molecule has 0 heterocycles. The zero-order chi connectivity index (χ0) is 24.0. The molecule has 6 nitrogen and oxygen atoms in total. The third-order valence-electron chi connectivity index (χ3n) is 4.83. The summed E-state index contributed by atoms with van der Waals surface area (Å²) in [6, 6.07) is 8.60. The lowest BCUT2D eigenvalue weighted by Crippen LogP contribution is -2.18. The molecular weight excluding hydrogens is 446 g/mol. The summed E-state index contributed by atoms with van der Waals surface area (Å²) < 4.78 is 49.2. The van der Waals surface area contributed by atoms with Gasteiger partial charge in [0.2, 0.25) is 0 Å². The van der Waals surface area contributed by atoms with Gasteiger partial charge in [-0.05, 0) is 71.9 Å². The number of allylic oxidation sites excluding steroid dienone is 1. The second kappa shape index (κ2) is 15.2. The molecule has 0 unspecified atom stereocenters. The van der Waals surface area contributed by atoms with Crippen LogP contribution in [-0.2, 0) is 33.6 Å². The Balaban J connectivity index is 2.80. The van der Waals surface area contributed by atoms with Gasteiger partial charge in [0, 0.05) is 0 Å². The van der Waals surface area contributed by atoms with Crippen LogP contribution in [-0.4, -0.2) is 31.8 Å². The monoisotopic (exact) mass is 488 g/mol. The molecule has 0 fully saturated rings. The van der Waals surface area contributed by atoms with Crippen LogP contribution in [0, 0.1) is 0 Å². The largest absolute Gasteiger partial charge is 0.345 e. The van der Waals surface area contributed by atoms with Crippen molar-refractivity contribution in [1.82, 2.24) is 0 Å². The van der Waals surface area contributed by atoms with Crippen LogP contribution in [0.1, 0.15) is 78.4 Å². The minimum absolute atomic E-state index is 0.203. The molecule has 1 aromatic rings. The normalized spacial score (nSPS) is 12.3. The fourth-order valence-corrected chi connectivity index (χ4v) is 9.03. The van der Waals surface area contributed by atoms with Crippen molar-refractivity contribution in [1.29, 1.82) is 0 Å². The van der Waals surface area contributed by atoms with Crippen LogP contribution in [0.25, 0.3) is 6.08 Å². The fourth-order valence-electron chi connectivity index (χ4n) is 3.57. The van der Waals surface area contributed by atoms with Crippen LogP contribution in [0.3, 0.4) is 0 Å². The molecule has 0 spiro atoms. The highest BCUT2D eigenvalue weighted by Gasteiger charge is 2.50. The van der Waals surface area contributed by atoms with E-state index in [1.807, 2.05) is 0 Å². The Morgan fingerprint density at radius 1 is 0.781 bits per heavy atom. The first-order valence-corrected chi connectivity index (χ1v) is 15.0. The molecule has 0 N–H and O–H groups in total. The molecule has 0 aliphatic carbocycles. The van der Waals surface area contributed by atoms with Crippen LogP contribution in [0.5, 0.6) is 0 Å². The molecule has 8 heteroatoms. The third kappa shape index (κ3) is 9.63. The molecule has 0 bridgehead atoms. The van der Waals surface area contributed by atoms with Crippen molar-refractivity contribution >= 4 is 21.3 Å². The minimum atomic E-state index is -3.65. The van der Waals surface area contributed by atoms with Crippen LogP contribution in [0.2, 0.25) is 0 Å². The Morgan fingerprint density at radius 2 is 1.25 bits per heavy atom. The fraction of sp³-hybridized carbons (Fsp3) is 0.667. The highest BCUT2D eigenvalue weighted by Crippen LogP contribution is 2.71. The predicted octanol–water partition coefficient (Wildman–Crippen LogP) is 8.07. The van der Waals surface area contributed by atoms with E-state index in [9.17, 15) is 9.13 Å². The summed E-state index contributed by atoms with van der Waals surface area (Å²) in [5, 5.41) is -0.918. The molecule has 0 aromatic heterocycles. The van der Waals surface area contributed by atoms with E-state index in [4.69, 9.17) is 18.1 Å². The summed E-state index contributed by atoms with van der Waals surface area (Å²) >= 11 is 0. The Bertz CT molecular complexity index is 721. The Morgan fingerprint density at radius 3 is 1.66 bits per heavy atom. The molecule has 0 atom stereocenters. The molecule has 32 heavy (non-hydrogen) atoms. The highest BCUT2D eigenvalue weighted by atomic mass is 31.2. The smallest absolute Gasteiger partial charge is 0.308 e. The van der Waals surface area contributed by atoms with Crippen molar-refractivity contribution in [2.24, 2.45) is 0 Å². The first-order chi connectivity index (χ1) is 15.2. The molecule has 0 radical (unpaired) electrons. The molecule has 1 rings (SSSR count). The maximum atomic E-state index is 13.5. The first kappa shape index (κ1) is 29.3. The van der Waals surface area contributed by atoms with Crippen molar-refractivity contribution in [3.8, 4) is 0 Å². The van der Waals surface area contributed by atoms with Gasteiger partial charge < -0.3 is 18.1 Å². The van der Waals surface area contributed by atoms with Gasteiger partial charge in [-0.15, -0.1) is 0 Å². The SMILES string of the molecule is CCOP(=O)(OCC)C(CCCCCc1ccc(C=C(C)C)cc1)P(=O)(OCC)OCC. The second-order valence-electron chi connectivity index (χ2n) is 7.79. The van der Waals surface area contributed by atoms with Crippen LogP contribution >= 0.6 is 15.2 Å². The van der Waals surface area contributed by atoms with Crippen LogP contribution < -0.4 is 0 Å². The third-order valence-corrected chi connectivity index (χ3v) is 11.0. The highest BCUT2D eigenvalue weighted by molar-refractivity contribution is 7.72. The second-order valence-corrected chi connectivity index (χ2v) is 12.6. The minimum Gasteiger partial charge on any atom is -0.308 e. The van der Waals surface area contributed by atoms with Crippen molar-refractivity contribution in [2.45, 2.75) is 79.0 Å². The van der Waals surface area contributed by atoms with Gasteiger partial charge in [-0.25, -0.2) is 0 Å². The average Bonchev–Trinajstić information content (AvgIpc) is 2.72. The van der Waals surface area contributed by atoms with Gasteiger partial charge in [0.05, 0.1) is 26.4 Å². The standard InChI is InChI=1S/C24H42O6P2/c1-7-27-31(25,28-8-2)24(32(26,29-9-3)30-10-4)15-13-11-12-14-22-16-18-23(19-17-22)20-21(5)6/h16-20,24H,7-15H2,1-6H3.